The first-order valence-electron chi connectivity index (χ1n) is 16.9. The van der Waals surface area contributed by atoms with E-state index in [2.05, 4.69) is 149 Å². The molecule has 9 rings (SSSR count). The summed E-state index contributed by atoms with van der Waals surface area (Å²) in [5, 5.41) is 0. The molecule has 230 valence electrons. The smallest absolute Gasteiger partial charge is 0.155 e. The summed E-state index contributed by atoms with van der Waals surface area (Å²) in [5.41, 5.74) is 5.57. The van der Waals surface area contributed by atoms with E-state index in [1.807, 2.05) is 0 Å². The highest BCUT2D eigenvalue weighted by Gasteiger charge is 2.59. The fraction of sp³-hybridized carbons (Fsp3) is 0.293. The molecule has 46 heavy (non-hydrogen) atoms. The summed E-state index contributed by atoms with van der Waals surface area (Å²) in [4.78, 5) is 10.5. The predicted octanol–water partition coefficient (Wildman–Crippen LogP) is 7.96. The van der Waals surface area contributed by atoms with Gasteiger partial charge in [0.15, 0.2) is 12.5 Å². The Kier molecular flexibility index (Phi) is 6.90. The summed E-state index contributed by atoms with van der Waals surface area (Å²) < 4.78 is 14.7. The highest BCUT2D eigenvalue weighted by molar-refractivity contribution is 5.43. The van der Waals surface area contributed by atoms with Gasteiger partial charge in [0.2, 0.25) is 0 Å². The van der Waals surface area contributed by atoms with Crippen LogP contribution in [0.3, 0.4) is 0 Å². The normalized spacial score (nSPS) is 26.6. The van der Waals surface area contributed by atoms with Gasteiger partial charge in [-0.05, 0) is 60.1 Å². The number of pyridine rings is 1. The molecule has 4 fully saturated rings. The Bertz CT molecular complexity index is 1590. The largest absolute Gasteiger partial charge is 0.340 e. The van der Waals surface area contributed by atoms with Gasteiger partial charge in [0.05, 0.1) is 23.5 Å². The molecular weight excluding hydrogens is 566 g/mol. The van der Waals surface area contributed by atoms with E-state index in [4.69, 9.17) is 14.5 Å². The van der Waals surface area contributed by atoms with Gasteiger partial charge in [-0.25, -0.2) is 4.98 Å². The van der Waals surface area contributed by atoms with Crippen molar-refractivity contribution in [3.8, 4) is 0 Å². The maximum atomic E-state index is 7.37. The minimum Gasteiger partial charge on any atom is -0.340 e. The predicted molar refractivity (Wildman–Crippen MR) is 179 cm³/mol. The van der Waals surface area contributed by atoms with Crippen LogP contribution >= 0.6 is 0 Å². The van der Waals surface area contributed by atoms with Crippen molar-refractivity contribution < 1.29 is 9.47 Å². The van der Waals surface area contributed by atoms with E-state index in [-0.39, 0.29) is 24.5 Å². The third-order valence-electron chi connectivity index (χ3n) is 10.8. The Morgan fingerprint density at radius 2 is 0.804 bits per heavy atom. The molecule has 1 aromatic heterocycles. The second kappa shape index (κ2) is 11.3. The fourth-order valence-electron chi connectivity index (χ4n) is 8.98. The van der Waals surface area contributed by atoms with E-state index < -0.39 is 11.2 Å². The molecule has 0 amide bonds. The van der Waals surface area contributed by atoms with Gasteiger partial charge in [0.25, 0.3) is 0 Å². The number of benzene rings is 4. The molecule has 2 unspecified atom stereocenters. The van der Waals surface area contributed by atoms with Crippen LogP contribution < -0.4 is 0 Å². The zero-order valence-corrected chi connectivity index (χ0v) is 26.0. The SMILES string of the molecule is c1ccc(C2(c3ccccc3)OC(c3cccc(C4OC(c5ccccc5)(c5ccccc5)[C@@H]5CCCN45)n3)N3CCC[C@H]32)cc1. The topological polar surface area (TPSA) is 37.8 Å². The molecule has 0 spiro atoms. The summed E-state index contributed by atoms with van der Waals surface area (Å²) in [6.45, 7) is 1.98. The van der Waals surface area contributed by atoms with Gasteiger partial charge >= 0.3 is 0 Å². The van der Waals surface area contributed by atoms with E-state index in [9.17, 15) is 0 Å². The van der Waals surface area contributed by atoms with E-state index in [1.54, 1.807) is 0 Å². The first-order valence-corrected chi connectivity index (χ1v) is 16.9. The number of hydrogen-bond donors (Lipinski definition) is 0. The molecular formula is C41H39N3O2. The van der Waals surface area contributed by atoms with Crippen molar-refractivity contribution in [3.05, 3.63) is 173 Å². The third-order valence-corrected chi connectivity index (χ3v) is 10.8. The van der Waals surface area contributed by atoms with Crippen molar-refractivity contribution in [1.29, 1.82) is 0 Å². The summed E-state index contributed by atoms with van der Waals surface area (Å²) >= 11 is 0. The van der Waals surface area contributed by atoms with Crippen LogP contribution in [0.2, 0.25) is 0 Å². The lowest BCUT2D eigenvalue weighted by Crippen LogP contribution is -2.40. The Balaban J connectivity index is 1.13. The van der Waals surface area contributed by atoms with Crippen LogP contribution in [-0.2, 0) is 20.7 Å². The Morgan fingerprint density at radius 3 is 1.15 bits per heavy atom. The number of fused-ring (bicyclic) bond motifs is 2. The molecule has 4 aromatic carbocycles. The van der Waals surface area contributed by atoms with Crippen LogP contribution in [0.4, 0.5) is 0 Å². The third kappa shape index (κ3) is 4.19. The van der Waals surface area contributed by atoms with Crippen molar-refractivity contribution in [1.82, 2.24) is 14.8 Å². The summed E-state index contributed by atoms with van der Waals surface area (Å²) in [5.74, 6) is 0. The van der Waals surface area contributed by atoms with Gasteiger partial charge in [-0.2, -0.15) is 0 Å². The van der Waals surface area contributed by atoms with Crippen molar-refractivity contribution in [3.63, 3.8) is 0 Å². The quantitative estimate of drug-likeness (QED) is 0.196. The second-order valence-electron chi connectivity index (χ2n) is 13.2. The van der Waals surface area contributed by atoms with Crippen molar-refractivity contribution in [2.24, 2.45) is 0 Å². The van der Waals surface area contributed by atoms with Gasteiger partial charge in [-0.3, -0.25) is 9.80 Å². The van der Waals surface area contributed by atoms with Gasteiger partial charge < -0.3 is 9.47 Å². The first-order chi connectivity index (χ1) is 22.8. The minimum atomic E-state index is -0.568. The van der Waals surface area contributed by atoms with Crippen molar-refractivity contribution in [2.45, 2.75) is 61.4 Å². The highest BCUT2D eigenvalue weighted by Crippen LogP contribution is 2.56. The lowest BCUT2D eigenvalue weighted by atomic mass is 9.79. The number of nitrogens with zero attached hydrogens (tertiary/aromatic N) is 3. The van der Waals surface area contributed by atoms with Gasteiger partial charge in [0, 0.05) is 13.1 Å². The standard InChI is InChI=1S/C41H39N3O2/c1-5-16-30(17-6-1)40(31-18-7-2-8-19-31)36-26-14-28-43(36)38(45-40)34-24-13-25-35(42-34)39-44-29-15-27-37(44)41(46-39,32-20-9-3-10-21-32)33-22-11-4-12-23-33/h1-13,16-25,36-39H,14-15,26-29H2/t36-,37-,38?,39?/m0/s1. The average molecular weight is 606 g/mol. The van der Waals surface area contributed by atoms with Crippen LogP contribution in [-0.4, -0.2) is 40.0 Å². The van der Waals surface area contributed by atoms with Crippen molar-refractivity contribution in [2.75, 3.05) is 13.1 Å². The van der Waals surface area contributed by atoms with Crippen LogP contribution in [0, 0.1) is 0 Å². The molecule has 5 nitrogen and oxygen atoms in total. The number of ether oxygens (including phenoxy) is 2. The Hall–Kier alpha value is -4.13. The summed E-state index contributed by atoms with van der Waals surface area (Å²) in [6.07, 6.45) is 3.94. The van der Waals surface area contributed by atoms with Crippen LogP contribution in [0.5, 0.6) is 0 Å². The number of hydrogen-bond acceptors (Lipinski definition) is 5. The van der Waals surface area contributed by atoms with E-state index in [0.29, 0.717) is 0 Å². The minimum absolute atomic E-state index is 0.224. The fourth-order valence-corrected chi connectivity index (χ4v) is 8.98. The van der Waals surface area contributed by atoms with E-state index >= 15 is 0 Å². The molecule has 0 aliphatic carbocycles. The zero-order chi connectivity index (χ0) is 30.6. The van der Waals surface area contributed by atoms with Crippen LogP contribution in [0.15, 0.2) is 140 Å². The molecule has 0 radical (unpaired) electrons. The highest BCUT2D eigenvalue weighted by atomic mass is 16.5. The van der Waals surface area contributed by atoms with Gasteiger partial charge in [-0.15, -0.1) is 0 Å². The lowest BCUT2D eigenvalue weighted by Gasteiger charge is -2.35. The van der Waals surface area contributed by atoms with Crippen LogP contribution in [0.1, 0.15) is 71.8 Å². The lowest BCUT2D eigenvalue weighted by molar-refractivity contribution is -0.0543. The van der Waals surface area contributed by atoms with E-state index in [1.165, 1.54) is 22.3 Å². The zero-order valence-electron chi connectivity index (χ0n) is 26.0. The van der Waals surface area contributed by atoms with Gasteiger partial charge in [0.1, 0.15) is 11.2 Å². The van der Waals surface area contributed by atoms with Crippen LogP contribution in [0.25, 0.3) is 0 Å². The average Bonchev–Trinajstić information content (AvgIpc) is 3.93. The molecule has 4 aliphatic rings. The Labute approximate surface area is 271 Å². The van der Waals surface area contributed by atoms with Gasteiger partial charge in [-0.1, -0.05) is 127 Å². The molecule has 5 heterocycles. The second-order valence-corrected chi connectivity index (χ2v) is 13.2. The maximum Gasteiger partial charge on any atom is 0.155 e. The summed E-state index contributed by atoms with van der Waals surface area (Å²) in [6, 6.07) is 50.1. The molecule has 5 aromatic rings. The molecule has 0 N–H and O–H groups in total. The molecule has 4 saturated heterocycles. The molecule has 4 atom stereocenters. The van der Waals surface area contributed by atoms with E-state index in [0.717, 1.165) is 50.2 Å². The Morgan fingerprint density at radius 1 is 0.457 bits per heavy atom. The first kappa shape index (κ1) is 28.1. The maximum absolute atomic E-state index is 7.37. The molecule has 0 bridgehead atoms. The van der Waals surface area contributed by atoms with Crippen molar-refractivity contribution >= 4 is 0 Å². The molecule has 0 saturated carbocycles. The number of aromatic nitrogens is 1. The molecule has 5 heteroatoms. The monoisotopic (exact) mass is 605 g/mol. The summed E-state index contributed by atoms with van der Waals surface area (Å²) in [7, 11) is 0. The molecule has 4 aliphatic heterocycles. The number of rotatable bonds is 6.